The van der Waals surface area contributed by atoms with Crippen molar-refractivity contribution in [2.45, 2.75) is 26.2 Å². The van der Waals surface area contributed by atoms with E-state index < -0.39 is 0 Å². The zero-order valence-corrected chi connectivity index (χ0v) is 13.5. The Bertz CT molecular complexity index is 484. The summed E-state index contributed by atoms with van der Waals surface area (Å²) in [4.78, 5) is 13.9. The lowest BCUT2D eigenvalue weighted by molar-refractivity contribution is -0.142. The molecule has 0 spiro atoms. The standard InChI is InChI=1S/C17H25NO4/c1-3-21-17(19)13-14-6-7-15(16(12-14)20-2)22-11-10-18-8-4-5-9-18/h6-7,12H,3-5,8-11,13H2,1-2H3. The fourth-order valence-electron chi connectivity index (χ4n) is 2.61. The van der Waals surface area contributed by atoms with Crippen molar-refractivity contribution in [2.24, 2.45) is 0 Å². The number of methoxy groups -OCH3 is 1. The summed E-state index contributed by atoms with van der Waals surface area (Å²) in [5.74, 6) is 1.14. The number of likely N-dealkylation sites (tertiary alicyclic amines) is 1. The van der Waals surface area contributed by atoms with E-state index in [0.717, 1.165) is 12.1 Å². The van der Waals surface area contributed by atoms with Crippen LogP contribution in [0.1, 0.15) is 25.3 Å². The van der Waals surface area contributed by atoms with E-state index in [0.29, 0.717) is 24.7 Å². The zero-order valence-electron chi connectivity index (χ0n) is 13.5. The third-order valence-corrected chi connectivity index (χ3v) is 3.75. The number of ether oxygens (including phenoxy) is 3. The smallest absolute Gasteiger partial charge is 0.310 e. The highest BCUT2D eigenvalue weighted by Crippen LogP contribution is 2.28. The molecule has 1 aliphatic heterocycles. The average Bonchev–Trinajstić information content (AvgIpc) is 3.02. The van der Waals surface area contributed by atoms with E-state index in [2.05, 4.69) is 4.90 Å². The number of hydrogen-bond acceptors (Lipinski definition) is 5. The van der Waals surface area contributed by atoms with Gasteiger partial charge in [0.2, 0.25) is 0 Å². The first-order valence-corrected chi connectivity index (χ1v) is 7.90. The molecule has 5 heteroatoms. The van der Waals surface area contributed by atoms with E-state index in [-0.39, 0.29) is 12.4 Å². The second-order valence-corrected chi connectivity index (χ2v) is 5.36. The molecular formula is C17H25NO4. The van der Waals surface area contributed by atoms with Crippen LogP contribution in [-0.4, -0.2) is 50.8 Å². The van der Waals surface area contributed by atoms with Gasteiger partial charge < -0.3 is 14.2 Å². The molecule has 1 heterocycles. The van der Waals surface area contributed by atoms with Crippen LogP contribution in [0.15, 0.2) is 18.2 Å². The van der Waals surface area contributed by atoms with Crippen LogP contribution in [0, 0.1) is 0 Å². The molecule has 1 fully saturated rings. The van der Waals surface area contributed by atoms with Gasteiger partial charge in [-0.3, -0.25) is 9.69 Å². The highest BCUT2D eigenvalue weighted by Gasteiger charge is 2.13. The number of carbonyl (C=O) groups is 1. The summed E-state index contributed by atoms with van der Waals surface area (Å²) in [6, 6.07) is 5.57. The minimum atomic E-state index is -0.229. The van der Waals surface area contributed by atoms with E-state index in [1.165, 1.54) is 25.9 Å². The number of carbonyl (C=O) groups excluding carboxylic acids is 1. The molecule has 0 aromatic heterocycles. The lowest BCUT2D eigenvalue weighted by atomic mass is 10.1. The Morgan fingerprint density at radius 2 is 2.00 bits per heavy atom. The van der Waals surface area contributed by atoms with Crippen LogP contribution in [0.2, 0.25) is 0 Å². The van der Waals surface area contributed by atoms with Crippen LogP contribution in [0.25, 0.3) is 0 Å². The molecule has 0 atom stereocenters. The van der Waals surface area contributed by atoms with Gasteiger partial charge in [0.15, 0.2) is 11.5 Å². The first kappa shape index (κ1) is 16.6. The minimum absolute atomic E-state index is 0.229. The molecule has 1 aromatic rings. The van der Waals surface area contributed by atoms with Crippen LogP contribution in [0.4, 0.5) is 0 Å². The molecule has 0 saturated carbocycles. The molecule has 1 aromatic carbocycles. The summed E-state index contributed by atoms with van der Waals surface area (Å²) < 4.78 is 16.1. The van der Waals surface area contributed by atoms with Crippen molar-refractivity contribution in [1.82, 2.24) is 4.90 Å². The molecule has 5 nitrogen and oxygen atoms in total. The second kappa shape index (κ2) is 8.63. The summed E-state index contributed by atoms with van der Waals surface area (Å²) in [5, 5.41) is 0. The molecular weight excluding hydrogens is 282 g/mol. The molecule has 22 heavy (non-hydrogen) atoms. The highest BCUT2D eigenvalue weighted by atomic mass is 16.5. The van der Waals surface area contributed by atoms with Gasteiger partial charge in [-0.15, -0.1) is 0 Å². The maximum absolute atomic E-state index is 11.5. The number of benzene rings is 1. The first-order valence-electron chi connectivity index (χ1n) is 7.90. The van der Waals surface area contributed by atoms with E-state index in [4.69, 9.17) is 14.2 Å². The van der Waals surface area contributed by atoms with E-state index >= 15 is 0 Å². The van der Waals surface area contributed by atoms with Gasteiger partial charge in [0.1, 0.15) is 6.61 Å². The molecule has 122 valence electrons. The van der Waals surface area contributed by atoms with Crippen LogP contribution in [-0.2, 0) is 16.0 Å². The summed E-state index contributed by atoms with van der Waals surface area (Å²) in [5.41, 5.74) is 0.863. The zero-order chi connectivity index (χ0) is 15.8. The van der Waals surface area contributed by atoms with Crippen LogP contribution < -0.4 is 9.47 Å². The summed E-state index contributed by atoms with van der Waals surface area (Å²) in [6.45, 7) is 6.11. The Kier molecular flexibility index (Phi) is 6.52. The van der Waals surface area contributed by atoms with Crippen LogP contribution >= 0.6 is 0 Å². The average molecular weight is 307 g/mol. The summed E-state index contributed by atoms with van der Waals surface area (Å²) in [6.07, 6.45) is 2.82. The van der Waals surface area contributed by atoms with Gasteiger partial charge in [0, 0.05) is 6.54 Å². The molecule has 2 rings (SSSR count). The van der Waals surface area contributed by atoms with Crippen molar-refractivity contribution in [3.63, 3.8) is 0 Å². The Labute approximate surface area is 132 Å². The van der Waals surface area contributed by atoms with Crippen LogP contribution in [0.3, 0.4) is 0 Å². The fraction of sp³-hybridized carbons (Fsp3) is 0.588. The Hall–Kier alpha value is -1.75. The van der Waals surface area contributed by atoms with Gasteiger partial charge in [-0.1, -0.05) is 6.07 Å². The molecule has 0 unspecified atom stereocenters. The number of esters is 1. The Morgan fingerprint density at radius 3 is 2.68 bits per heavy atom. The van der Waals surface area contributed by atoms with Gasteiger partial charge in [0.05, 0.1) is 20.1 Å². The normalized spacial score (nSPS) is 14.8. The lowest BCUT2D eigenvalue weighted by Crippen LogP contribution is -2.25. The largest absolute Gasteiger partial charge is 0.493 e. The molecule has 0 radical (unpaired) electrons. The van der Waals surface area contributed by atoms with E-state index in [9.17, 15) is 4.79 Å². The lowest BCUT2D eigenvalue weighted by Gasteiger charge is -2.16. The van der Waals surface area contributed by atoms with Crippen molar-refractivity contribution < 1.29 is 19.0 Å². The SMILES string of the molecule is CCOC(=O)Cc1ccc(OCCN2CCCC2)c(OC)c1. The van der Waals surface area contributed by atoms with Gasteiger partial charge in [-0.25, -0.2) is 0 Å². The molecule has 0 amide bonds. The maximum Gasteiger partial charge on any atom is 0.310 e. The molecule has 1 saturated heterocycles. The number of rotatable bonds is 8. The Morgan fingerprint density at radius 1 is 1.23 bits per heavy atom. The van der Waals surface area contributed by atoms with Gasteiger partial charge in [-0.05, 0) is 50.6 Å². The molecule has 0 bridgehead atoms. The predicted octanol–water partition coefficient (Wildman–Crippen LogP) is 2.28. The molecule has 0 aliphatic carbocycles. The molecule has 1 aliphatic rings. The van der Waals surface area contributed by atoms with Gasteiger partial charge in [-0.2, -0.15) is 0 Å². The van der Waals surface area contributed by atoms with Crippen molar-refractivity contribution in [3.8, 4) is 11.5 Å². The third-order valence-electron chi connectivity index (χ3n) is 3.75. The predicted molar refractivity (Wildman–Crippen MR) is 84.5 cm³/mol. The number of hydrogen-bond donors (Lipinski definition) is 0. The van der Waals surface area contributed by atoms with Gasteiger partial charge in [0.25, 0.3) is 0 Å². The van der Waals surface area contributed by atoms with Gasteiger partial charge >= 0.3 is 5.97 Å². The highest BCUT2D eigenvalue weighted by molar-refractivity contribution is 5.72. The van der Waals surface area contributed by atoms with Crippen molar-refractivity contribution in [3.05, 3.63) is 23.8 Å². The fourth-order valence-corrected chi connectivity index (χ4v) is 2.61. The van der Waals surface area contributed by atoms with E-state index in [1.807, 2.05) is 18.2 Å². The van der Waals surface area contributed by atoms with Crippen molar-refractivity contribution in [1.29, 1.82) is 0 Å². The third kappa shape index (κ3) is 4.91. The Balaban J connectivity index is 1.89. The topological polar surface area (TPSA) is 48.0 Å². The molecule has 0 N–H and O–H groups in total. The van der Waals surface area contributed by atoms with Crippen molar-refractivity contribution >= 4 is 5.97 Å². The quantitative estimate of drug-likeness (QED) is 0.690. The first-order chi connectivity index (χ1) is 10.7. The van der Waals surface area contributed by atoms with Crippen molar-refractivity contribution in [2.75, 3.05) is 40.0 Å². The minimum Gasteiger partial charge on any atom is -0.493 e. The second-order valence-electron chi connectivity index (χ2n) is 5.36. The summed E-state index contributed by atoms with van der Waals surface area (Å²) in [7, 11) is 1.61. The monoisotopic (exact) mass is 307 g/mol. The summed E-state index contributed by atoms with van der Waals surface area (Å²) >= 11 is 0. The number of nitrogens with zero attached hydrogens (tertiary/aromatic N) is 1. The van der Waals surface area contributed by atoms with Crippen LogP contribution in [0.5, 0.6) is 11.5 Å². The van der Waals surface area contributed by atoms with E-state index in [1.54, 1.807) is 14.0 Å². The maximum atomic E-state index is 11.5.